The molecule has 0 N–H and O–H groups in total. The summed E-state index contributed by atoms with van der Waals surface area (Å²) in [5.41, 5.74) is 0. The van der Waals surface area contributed by atoms with Crippen molar-refractivity contribution < 1.29 is 4.79 Å². The zero-order chi connectivity index (χ0) is 11.7. The number of fused-ring (bicyclic) bond motifs is 1. The third-order valence-electron chi connectivity index (χ3n) is 3.57. The van der Waals surface area contributed by atoms with E-state index in [1.165, 1.54) is 19.3 Å². The van der Waals surface area contributed by atoms with Gasteiger partial charge in [-0.05, 0) is 25.7 Å². The largest absolute Gasteiger partial charge is 0.306 e. The molecule has 1 aromatic rings. The van der Waals surface area contributed by atoms with Crippen LogP contribution in [-0.2, 0) is 17.8 Å². The lowest BCUT2D eigenvalue weighted by molar-refractivity contribution is -0.116. The first-order valence-electron chi connectivity index (χ1n) is 6.46. The lowest BCUT2D eigenvalue weighted by Crippen LogP contribution is -2.11. The van der Waals surface area contributed by atoms with E-state index >= 15 is 0 Å². The molecule has 4 nitrogen and oxygen atoms in total. The lowest BCUT2D eigenvalue weighted by Gasteiger charge is -2.09. The van der Waals surface area contributed by atoms with Crippen LogP contribution in [0.4, 0.5) is 0 Å². The summed E-state index contributed by atoms with van der Waals surface area (Å²) in [6.07, 6.45) is 7.52. The maximum Gasteiger partial charge on any atom is 0.191 e. The minimum atomic E-state index is 0.131. The maximum atomic E-state index is 11.7. The second-order valence-corrected chi connectivity index (χ2v) is 6.00. The van der Waals surface area contributed by atoms with Crippen molar-refractivity contribution in [1.82, 2.24) is 14.8 Å². The van der Waals surface area contributed by atoms with Gasteiger partial charge >= 0.3 is 0 Å². The molecular formula is C12H17N3OS. The third-order valence-corrected chi connectivity index (χ3v) is 4.87. The molecule has 0 radical (unpaired) electrons. The van der Waals surface area contributed by atoms with Crippen molar-refractivity contribution >= 4 is 17.5 Å². The zero-order valence-electron chi connectivity index (χ0n) is 9.89. The fourth-order valence-corrected chi connectivity index (χ4v) is 3.78. The zero-order valence-corrected chi connectivity index (χ0v) is 10.7. The van der Waals surface area contributed by atoms with Gasteiger partial charge in [0.05, 0.1) is 5.25 Å². The van der Waals surface area contributed by atoms with Crippen LogP contribution in [0, 0.1) is 0 Å². The van der Waals surface area contributed by atoms with Gasteiger partial charge in [0.15, 0.2) is 5.16 Å². The van der Waals surface area contributed by atoms with Crippen LogP contribution in [0.2, 0.25) is 0 Å². The van der Waals surface area contributed by atoms with Gasteiger partial charge in [0, 0.05) is 19.4 Å². The lowest BCUT2D eigenvalue weighted by atomic mass is 10.2. The number of hydrogen-bond donors (Lipinski definition) is 0. The molecule has 1 aliphatic heterocycles. The second kappa shape index (κ2) is 4.80. The SMILES string of the molecule is O=C1CCCC1Sc1nnc2n1CCCCC2. The summed E-state index contributed by atoms with van der Waals surface area (Å²) in [4.78, 5) is 11.7. The van der Waals surface area contributed by atoms with Crippen LogP contribution in [0.1, 0.15) is 44.3 Å². The Morgan fingerprint density at radius 1 is 1.12 bits per heavy atom. The molecule has 1 aromatic heterocycles. The number of nitrogens with zero attached hydrogens (tertiary/aromatic N) is 3. The first-order chi connectivity index (χ1) is 8.34. The Morgan fingerprint density at radius 2 is 2.06 bits per heavy atom. The highest BCUT2D eigenvalue weighted by Gasteiger charge is 2.28. The number of thioether (sulfide) groups is 1. The van der Waals surface area contributed by atoms with Gasteiger partial charge in [-0.25, -0.2) is 0 Å². The summed E-state index contributed by atoms with van der Waals surface area (Å²) < 4.78 is 2.23. The highest BCUT2D eigenvalue weighted by Crippen LogP contribution is 2.32. The van der Waals surface area contributed by atoms with Crippen molar-refractivity contribution in [1.29, 1.82) is 0 Å². The van der Waals surface area contributed by atoms with Gasteiger partial charge < -0.3 is 4.57 Å². The number of hydrogen-bond acceptors (Lipinski definition) is 4. The average molecular weight is 251 g/mol. The summed E-state index contributed by atoms with van der Waals surface area (Å²) >= 11 is 1.63. The Bertz CT molecular complexity index is 429. The van der Waals surface area contributed by atoms with Crippen molar-refractivity contribution in [3.8, 4) is 0 Å². The standard InChI is InChI=1S/C12H17N3OS/c16-9-5-4-6-10(9)17-12-14-13-11-7-2-1-3-8-15(11)12/h10H,1-8H2. The Balaban J connectivity index is 1.79. The fraction of sp³-hybridized carbons (Fsp3) is 0.750. The van der Waals surface area contributed by atoms with Gasteiger partial charge in [-0.1, -0.05) is 18.2 Å². The minimum Gasteiger partial charge on any atom is -0.306 e. The predicted molar refractivity (Wildman–Crippen MR) is 66.1 cm³/mol. The number of rotatable bonds is 2. The molecule has 0 amide bonds. The molecule has 1 fully saturated rings. The van der Waals surface area contributed by atoms with E-state index in [0.29, 0.717) is 5.78 Å². The van der Waals surface area contributed by atoms with Gasteiger partial charge in [0.25, 0.3) is 0 Å². The summed E-state index contributed by atoms with van der Waals surface area (Å²) in [5, 5.41) is 9.62. The molecular weight excluding hydrogens is 234 g/mol. The summed E-state index contributed by atoms with van der Waals surface area (Å²) in [6, 6.07) is 0. The number of ketones is 1. The number of carbonyl (C=O) groups is 1. The van der Waals surface area contributed by atoms with Gasteiger partial charge in [0.2, 0.25) is 0 Å². The van der Waals surface area contributed by atoms with Gasteiger partial charge in [-0.2, -0.15) is 0 Å². The number of aryl methyl sites for hydroxylation is 1. The van der Waals surface area contributed by atoms with Crippen molar-refractivity contribution in [2.45, 2.75) is 61.9 Å². The first-order valence-corrected chi connectivity index (χ1v) is 7.34. The molecule has 3 rings (SSSR count). The highest BCUT2D eigenvalue weighted by molar-refractivity contribution is 8.00. The molecule has 2 aliphatic rings. The van der Waals surface area contributed by atoms with Crippen LogP contribution in [0.3, 0.4) is 0 Å². The topological polar surface area (TPSA) is 47.8 Å². The van der Waals surface area contributed by atoms with E-state index in [1.54, 1.807) is 11.8 Å². The Hall–Kier alpha value is -0.840. The van der Waals surface area contributed by atoms with E-state index in [2.05, 4.69) is 14.8 Å². The van der Waals surface area contributed by atoms with E-state index < -0.39 is 0 Å². The van der Waals surface area contributed by atoms with Crippen molar-refractivity contribution in [3.05, 3.63) is 5.82 Å². The smallest absolute Gasteiger partial charge is 0.191 e. The molecule has 5 heteroatoms. The molecule has 2 heterocycles. The van der Waals surface area contributed by atoms with Crippen LogP contribution in [-0.4, -0.2) is 25.8 Å². The quantitative estimate of drug-likeness (QED) is 0.808. The summed E-state index contributed by atoms with van der Waals surface area (Å²) in [5.74, 6) is 1.50. The van der Waals surface area contributed by atoms with Crippen LogP contribution >= 0.6 is 11.8 Å². The highest BCUT2D eigenvalue weighted by atomic mass is 32.2. The maximum absolute atomic E-state index is 11.7. The molecule has 0 bridgehead atoms. The van der Waals surface area contributed by atoms with Crippen LogP contribution in [0.25, 0.3) is 0 Å². The normalized spacial score (nSPS) is 24.7. The molecule has 1 unspecified atom stereocenters. The van der Waals surface area contributed by atoms with Crippen LogP contribution in [0.15, 0.2) is 5.16 Å². The van der Waals surface area contributed by atoms with Crippen molar-refractivity contribution in [3.63, 3.8) is 0 Å². The molecule has 0 spiro atoms. The summed E-state index contributed by atoms with van der Waals surface area (Å²) in [7, 11) is 0. The second-order valence-electron chi connectivity index (χ2n) is 4.83. The predicted octanol–water partition coefficient (Wildman–Crippen LogP) is 2.22. The number of carbonyl (C=O) groups excluding carboxylic acids is 1. The molecule has 1 atom stereocenters. The molecule has 0 aromatic carbocycles. The van der Waals surface area contributed by atoms with Crippen LogP contribution < -0.4 is 0 Å². The number of aromatic nitrogens is 3. The Kier molecular flexibility index (Phi) is 3.18. The Labute approximate surface area is 105 Å². The average Bonchev–Trinajstić information content (AvgIpc) is 2.81. The Morgan fingerprint density at radius 3 is 2.88 bits per heavy atom. The summed E-state index contributed by atoms with van der Waals surface area (Å²) in [6.45, 7) is 1.02. The van der Waals surface area contributed by atoms with Crippen LogP contribution in [0.5, 0.6) is 0 Å². The van der Waals surface area contributed by atoms with E-state index in [4.69, 9.17) is 0 Å². The van der Waals surface area contributed by atoms with Gasteiger partial charge in [0.1, 0.15) is 11.6 Å². The molecule has 1 aliphatic carbocycles. The van der Waals surface area contributed by atoms with E-state index in [-0.39, 0.29) is 5.25 Å². The van der Waals surface area contributed by atoms with E-state index in [1.807, 2.05) is 0 Å². The molecule has 1 saturated carbocycles. The third kappa shape index (κ3) is 2.25. The monoisotopic (exact) mass is 251 g/mol. The molecule has 92 valence electrons. The van der Waals surface area contributed by atoms with Gasteiger partial charge in [-0.3, -0.25) is 4.79 Å². The number of Topliss-reactive ketones (excluding diaryl/α,β-unsaturated/α-hetero) is 1. The van der Waals surface area contributed by atoms with E-state index in [9.17, 15) is 4.79 Å². The minimum absolute atomic E-state index is 0.131. The van der Waals surface area contributed by atoms with Crippen molar-refractivity contribution in [2.24, 2.45) is 0 Å². The molecule has 17 heavy (non-hydrogen) atoms. The molecule has 0 saturated heterocycles. The fourth-order valence-electron chi connectivity index (χ4n) is 2.58. The van der Waals surface area contributed by atoms with Gasteiger partial charge in [-0.15, -0.1) is 10.2 Å². The first kappa shape index (κ1) is 11.3. The van der Waals surface area contributed by atoms with Crippen molar-refractivity contribution in [2.75, 3.05) is 0 Å². The van der Waals surface area contributed by atoms with E-state index in [0.717, 1.165) is 43.2 Å².